The Balaban J connectivity index is 1.22. The van der Waals surface area contributed by atoms with E-state index in [2.05, 4.69) is 5.10 Å². The number of nitrogens with zero attached hydrogens (tertiary/aromatic N) is 3. The lowest BCUT2D eigenvalue weighted by Gasteiger charge is -2.35. The van der Waals surface area contributed by atoms with E-state index in [1.54, 1.807) is 40.0 Å². The number of fused-ring (bicyclic) bond motifs is 1. The van der Waals surface area contributed by atoms with E-state index in [-0.39, 0.29) is 23.6 Å². The number of aliphatic hydroxyl groups excluding tert-OH is 1. The summed E-state index contributed by atoms with van der Waals surface area (Å²) in [6, 6.07) is 11.3. The normalized spacial score (nSPS) is 25.4. The number of aromatic nitrogens is 2. The number of benzene rings is 1. The second-order valence-corrected chi connectivity index (χ2v) is 8.35. The molecule has 1 aromatic carbocycles. The number of likely N-dealkylation sites (tertiary alicyclic amines) is 1. The first kappa shape index (κ1) is 19.8. The van der Waals surface area contributed by atoms with E-state index in [0.29, 0.717) is 49.7 Å². The monoisotopic (exact) mass is 425 g/mol. The molecule has 162 valence electrons. The lowest BCUT2D eigenvalue weighted by molar-refractivity contribution is -0.0232. The second kappa shape index (κ2) is 8.19. The van der Waals surface area contributed by atoms with Gasteiger partial charge in [-0.3, -0.25) is 9.48 Å². The van der Waals surface area contributed by atoms with E-state index < -0.39 is 12.2 Å². The molecular formula is C23H24FN3O4. The van der Waals surface area contributed by atoms with Crippen molar-refractivity contribution in [1.29, 1.82) is 0 Å². The number of furan rings is 1. The van der Waals surface area contributed by atoms with Crippen molar-refractivity contribution in [2.24, 2.45) is 11.8 Å². The number of amides is 1. The molecule has 0 bridgehead atoms. The molecule has 8 heteroatoms. The van der Waals surface area contributed by atoms with Gasteiger partial charge in [-0.05, 0) is 55.0 Å². The lowest BCUT2D eigenvalue weighted by atomic mass is 9.78. The Morgan fingerprint density at radius 2 is 2.03 bits per heavy atom. The van der Waals surface area contributed by atoms with Crippen molar-refractivity contribution in [3.8, 4) is 5.75 Å². The number of hydrogen-bond donors (Lipinski definition) is 1. The summed E-state index contributed by atoms with van der Waals surface area (Å²) in [5, 5.41) is 14.7. The average Bonchev–Trinajstić information content (AvgIpc) is 3.49. The molecule has 0 unspecified atom stereocenters. The highest BCUT2D eigenvalue weighted by atomic mass is 19.1. The summed E-state index contributed by atoms with van der Waals surface area (Å²) in [7, 11) is 0. The number of hydrogen-bond acceptors (Lipinski definition) is 5. The van der Waals surface area contributed by atoms with Crippen LogP contribution < -0.4 is 4.74 Å². The quantitative estimate of drug-likeness (QED) is 0.680. The predicted octanol–water partition coefficient (Wildman–Crippen LogP) is 2.95. The van der Waals surface area contributed by atoms with Crippen LogP contribution in [0, 0.1) is 17.7 Å². The van der Waals surface area contributed by atoms with Crippen LogP contribution >= 0.6 is 0 Å². The number of halogens is 1. The fourth-order valence-electron chi connectivity index (χ4n) is 4.69. The minimum atomic E-state index is -0.649. The molecule has 1 saturated heterocycles. The fourth-order valence-corrected chi connectivity index (χ4v) is 4.69. The smallest absolute Gasteiger partial charge is 0.289 e. The minimum absolute atomic E-state index is 0.141. The van der Waals surface area contributed by atoms with Gasteiger partial charge in [0.2, 0.25) is 0 Å². The number of ether oxygens (including phenoxy) is 1. The maximum Gasteiger partial charge on any atom is 0.289 e. The molecule has 1 saturated carbocycles. The maximum atomic E-state index is 13.4. The summed E-state index contributed by atoms with van der Waals surface area (Å²) >= 11 is 0. The van der Waals surface area contributed by atoms with Gasteiger partial charge in [-0.15, -0.1) is 0 Å². The average molecular weight is 425 g/mol. The Morgan fingerprint density at radius 1 is 1.19 bits per heavy atom. The van der Waals surface area contributed by atoms with Gasteiger partial charge in [0, 0.05) is 31.5 Å². The first-order valence-electron chi connectivity index (χ1n) is 10.5. The van der Waals surface area contributed by atoms with Crippen LogP contribution in [0.25, 0.3) is 0 Å². The van der Waals surface area contributed by atoms with E-state index in [4.69, 9.17) is 9.15 Å². The lowest BCUT2D eigenvalue weighted by Crippen LogP contribution is -2.42. The molecule has 1 N–H and O–H groups in total. The Hall–Kier alpha value is -3.13. The minimum Gasteiger partial charge on any atom is -0.488 e. The van der Waals surface area contributed by atoms with Crippen LogP contribution in [-0.2, 0) is 6.54 Å². The summed E-state index contributed by atoms with van der Waals surface area (Å²) in [6.07, 6.45) is 3.64. The first-order chi connectivity index (χ1) is 15.0. The highest BCUT2D eigenvalue weighted by Gasteiger charge is 2.44. The van der Waals surface area contributed by atoms with Crippen molar-refractivity contribution in [2.75, 3.05) is 13.1 Å². The zero-order chi connectivity index (χ0) is 21.4. The van der Waals surface area contributed by atoms with Crippen LogP contribution in [0.5, 0.6) is 5.75 Å². The highest BCUT2D eigenvalue weighted by Crippen LogP contribution is 2.38. The van der Waals surface area contributed by atoms with Gasteiger partial charge < -0.3 is 19.2 Å². The third-order valence-electron chi connectivity index (χ3n) is 6.21. The largest absolute Gasteiger partial charge is 0.488 e. The Labute approximate surface area is 179 Å². The number of carbonyl (C=O) groups is 1. The standard InChI is InChI=1S/C23H24FN3O4/c24-17-3-1-4-18(11-17)30-22-10-16-13-26(12-15(16)9-20(22)28)23(29)21-6-5-19(31-21)14-27-8-2-7-25-27/h1-8,11,15-16,20,22,28H,9-10,12-14H2/t15-,16+,20+,22+/m0/s1. The Morgan fingerprint density at radius 3 is 2.81 bits per heavy atom. The van der Waals surface area contributed by atoms with Crippen LogP contribution in [0.15, 0.2) is 59.3 Å². The zero-order valence-corrected chi connectivity index (χ0v) is 16.9. The van der Waals surface area contributed by atoms with Gasteiger partial charge in [-0.2, -0.15) is 5.10 Å². The Bertz CT molecular complexity index is 1050. The predicted molar refractivity (Wildman–Crippen MR) is 109 cm³/mol. The van der Waals surface area contributed by atoms with Crippen molar-refractivity contribution in [3.05, 3.63) is 72.2 Å². The highest BCUT2D eigenvalue weighted by molar-refractivity contribution is 5.91. The maximum absolute atomic E-state index is 13.4. The van der Waals surface area contributed by atoms with Crippen molar-refractivity contribution in [3.63, 3.8) is 0 Å². The molecular weight excluding hydrogens is 401 g/mol. The molecule has 1 aliphatic carbocycles. The van der Waals surface area contributed by atoms with Gasteiger partial charge in [-0.1, -0.05) is 6.07 Å². The van der Waals surface area contributed by atoms with Gasteiger partial charge in [0.15, 0.2) is 5.76 Å². The van der Waals surface area contributed by atoms with E-state index in [1.807, 2.05) is 12.3 Å². The molecule has 0 spiro atoms. The molecule has 2 aromatic heterocycles. The summed E-state index contributed by atoms with van der Waals surface area (Å²) in [5.41, 5.74) is 0. The number of aliphatic hydroxyl groups is 1. The van der Waals surface area contributed by atoms with E-state index in [0.717, 1.165) is 0 Å². The van der Waals surface area contributed by atoms with Gasteiger partial charge in [0.05, 0.1) is 12.6 Å². The van der Waals surface area contributed by atoms with Crippen LogP contribution in [0.1, 0.15) is 29.2 Å². The third-order valence-corrected chi connectivity index (χ3v) is 6.21. The molecule has 2 fully saturated rings. The third kappa shape index (κ3) is 4.20. The van der Waals surface area contributed by atoms with E-state index >= 15 is 0 Å². The van der Waals surface area contributed by atoms with Crippen molar-refractivity contribution < 1.29 is 23.4 Å². The van der Waals surface area contributed by atoms with Crippen molar-refractivity contribution in [1.82, 2.24) is 14.7 Å². The van der Waals surface area contributed by atoms with E-state index in [9.17, 15) is 14.3 Å². The molecule has 0 radical (unpaired) electrons. The summed E-state index contributed by atoms with van der Waals surface area (Å²) in [4.78, 5) is 14.8. The first-order valence-corrected chi connectivity index (χ1v) is 10.5. The van der Waals surface area contributed by atoms with Gasteiger partial charge in [0.25, 0.3) is 5.91 Å². The molecule has 3 aromatic rings. The number of rotatable bonds is 5. The molecule has 2 aliphatic rings. The van der Waals surface area contributed by atoms with Crippen molar-refractivity contribution >= 4 is 5.91 Å². The van der Waals surface area contributed by atoms with E-state index in [1.165, 1.54) is 12.1 Å². The second-order valence-electron chi connectivity index (χ2n) is 8.35. The van der Waals surface area contributed by atoms with Gasteiger partial charge >= 0.3 is 0 Å². The molecule has 1 amide bonds. The summed E-state index contributed by atoms with van der Waals surface area (Å²) < 4.78 is 26.8. The van der Waals surface area contributed by atoms with Crippen LogP contribution in [-0.4, -0.2) is 51.0 Å². The summed E-state index contributed by atoms with van der Waals surface area (Å²) in [6.45, 7) is 1.65. The molecule has 31 heavy (non-hydrogen) atoms. The van der Waals surface area contributed by atoms with Crippen LogP contribution in [0.2, 0.25) is 0 Å². The van der Waals surface area contributed by atoms with Crippen LogP contribution in [0.4, 0.5) is 4.39 Å². The number of carbonyl (C=O) groups excluding carboxylic acids is 1. The summed E-state index contributed by atoms with van der Waals surface area (Å²) in [5.74, 6) is 1.32. The van der Waals surface area contributed by atoms with Gasteiger partial charge in [-0.25, -0.2) is 4.39 Å². The zero-order valence-electron chi connectivity index (χ0n) is 16.9. The topological polar surface area (TPSA) is 80.7 Å². The SMILES string of the molecule is O=C(c1ccc(Cn2cccn2)o1)N1C[C@H]2C[C@@H](Oc3cccc(F)c3)[C@H](O)C[C@H]2C1. The molecule has 4 atom stereocenters. The van der Waals surface area contributed by atoms with Crippen LogP contribution in [0.3, 0.4) is 0 Å². The Kier molecular flexibility index (Phi) is 5.23. The molecule has 3 heterocycles. The van der Waals surface area contributed by atoms with Gasteiger partial charge in [0.1, 0.15) is 23.4 Å². The fraction of sp³-hybridized carbons (Fsp3) is 0.391. The molecule has 1 aliphatic heterocycles. The molecule has 5 rings (SSSR count). The molecule has 7 nitrogen and oxygen atoms in total. The van der Waals surface area contributed by atoms with Crippen molar-refractivity contribution in [2.45, 2.75) is 31.6 Å².